The van der Waals surface area contributed by atoms with E-state index in [9.17, 15) is 14.4 Å². The molecule has 0 N–H and O–H groups in total. The van der Waals surface area contributed by atoms with Crippen LogP contribution in [0.25, 0.3) is 0 Å². The molecule has 0 aromatic heterocycles. The molecule has 2 aromatic carbocycles. The number of Topliss-reactive ketones (excluding diaryl/α,β-unsaturated/α-hetero) is 1. The quantitative estimate of drug-likeness (QED) is 0.373. The first kappa shape index (κ1) is 22.3. The van der Waals surface area contributed by atoms with Crippen LogP contribution < -0.4 is 0 Å². The van der Waals surface area contributed by atoms with Crippen LogP contribution in [0.4, 0.5) is 0 Å². The smallest absolute Gasteiger partial charge is 0.338 e. The zero-order chi connectivity index (χ0) is 20.9. The highest BCUT2D eigenvalue weighted by molar-refractivity contribution is 5.95. The van der Waals surface area contributed by atoms with E-state index in [4.69, 9.17) is 9.47 Å². The molecule has 29 heavy (non-hydrogen) atoms. The summed E-state index contributed by atoms with van der Waals surface area (Å²) < 4.78 is 10.6. The van der Waals surface area contributed by atoms with Crippen LogP contribution in [0.1, 0.15) is 66.2 Å². The van der Waals surface area contributed by atoms with Crippen molar-refractivity contribution in [3.8, 4) is 0 Å². The molecule has 0 bridgehead atoms. The maximum Gasteiger partial charge on any atom is 0.338 e. The largest absolute Gasteiger partial charge is 0.454 e. The van der Waals surface area contributed by atoms with Gasteiger partial charge in [-0.2, -0.15) is 0 Å². The maximum absolute atomic E-state index is 12.6. The van der Waals surface area contributed by atoms with Crippen molar-refractivity contribution < 1.29 is 23.9 Å². The van der Waals surface area contributed by atoms with Crippen molar-refractivity contribution >= 4 is 17.7 Å². The summed E-state index contributed by atoms with van der Waals surface area (Å²) in [6.07, 6.45) is 4.57. The predicted molar refractivity (Wildman–Crippen MR) is 111 cm³/mol. The summed E-state index contributed by atoms with van der Waals surface area (Å²) in [6.45, 7) is 1.71. The average molecular weight is 396 g/mol. The first-order chi connectivity index (χ1) is 14.1. The predicted octanol–water partition coefficient (Wildman–Crippen LogP) is 5.00. The van der Waals surface area contributed by atoms with Crippen LogP contribution in [-0.2, 0) is 14.3 Å². The maximum atomic E-state index is 12.6. The lowest BCUT2D eigenvalue weighted by Gasteiger charge is -2.17. The lowest BCUT2D eigenvalue weighted by atomic mass is 10.1. The summed E-state index contributed by atoms with van der Waals surface area (Å²) >= 11 is 0. The van der Waals surface area contributed by atoms with Gasteiger partial charge in [-0.25, -0.2) is 9.59 Å². The average Bonchev–Trinajstić information content (AvgIpc) is 2.77. The molecule has 2 rings (SSSR count). The Hall–Kier alpha value is -2.95. The monoisotopic (exact) mass is 396 g/mol. The fourth-order valence-corrected chi connectivity index (χ4v) is 2.88. The molecule has 2 aromatic rings. The van der Waals surface area contributed by atoms with E-state index in [0.29, 0.717) is 17.5 Å². The summed E-state index contributed by atoms with van der Waals surface area (Å²) in [5.74, 6) is -1.53. The van der Waals surface area contributed by atoms with Crippen molar-refractivity contribution in [3.63, 3.8) is 0 Å². The highest BCUT2D eigenvalue weighted by Crippen LogP contribution is 2.14. The van der Waals surface area contributed by atoms with Crippen LogP contribution in [0.15, 0.2) is 60.7 Å². The molecule has 0 aliphatic carbocycles. The second-order valence-electron chi connectivity index (χ2n) is 6.87. The van der Waals surface area contributed by atoms with E-state index in [0.717, 1.165) is 32.1 Å². The van der Waals surface area contributed by atoms with Crippen molar-refractivity contribution in [2.75, 3.05) is 6.61 Å². The molecule has 0 spiro atoms. The van der Waals surface area contributed by atoms with Gasteiger partial charge in [-0.3, -0.25) is 4.79 Å². The number of ketones is 1. The molecule has 0 aliphatic rings. The lowest BCUT2D eigenvalue weighted by Crippen LogP contribution is -2.31. The third-order valence-electron chi connectivity index (χ3n) is 4.54. The molecule has 154 valence electrons. The Bertz CT molecular complexity index is 770. The van der Waals surface area contributed by atoms with Gasteiger partial charge in [-0.1, -0.05) is 69.0 Å². The summed E-state index contributed by atoms with van der Waals surface area (Å²) in [4.78, 5) is 37.0. The lowest BCUT2D eigenvalue weighted by molar-refractivity contribution is -0.131. The van der Waals surface area contributed by atoms with Gasteiger partial charge < -0.3 is 9.47 Å². The van der Waals surface area contributed by atoms with Gasteiger partial charge in [0.05, 0.1) is 11.1 Å². The molecule has 0 radical (unpaired) electrons. The van der Waals surface area contributed by atoms with Gasteiger partial charge >= 0.3 is 11.9 Å². The Kier molecular flexibility index (Phi) is 9.63. The third kappa shape index (κ3) is 7.90. The van der Waals surface area contributed by atoms with Crippen molar-refractivity contribution in [1.82, 2.24) is 0 Å². The first-order valence-corrected chi connectivity index (χ1v) is 10.1. The number of hydrogen-bond acceptors (Lipinski definition) is 5. The van der Waals surface area contributed by atoms with Gasteiger partial charge in [-0.15, -0.1) is 0 Å². The molecule has 0 saturated heterocycles. The van der Waals surface area contributed by atoms with Crippen LogP contribution in [-0.4, -0.2) is 30.4 Å². The fraction of sp³-hybridized carbons (Fsp3) is 0.375. The molecule has 0 fully saturated rings. The zero-order valence-electron chi connectivity index (χ0n) is 16.8. The number of ether oxygens (including phenoxy) is 2. The highest BCUT2D eigenvalue weighted by Gasteiger charge is 2.24. The molecule has 0 saturated carbocycles. The van der Waals surface area contributed by atoms with E-state index in [1.54, 1.807) is 60.7 Å². The van der Waals surface area contributed by atoms with E-state index < -0.39 is 30.4 Å². The number of carbonyl (C=O) groups is 3. The van der Waals surface area contributed by atoms with E-state index in [-0.39, 0.29) is 0 Å². The number of benzene rings is 2. The van der Waals surface area contributed by atoms with Crippen LogP contribution in [0.3, 0.4) is 0 Å². The van der Waals surface area contributed by atoms with E-state index in [1.807, 2.05) is 0 Å². The molecule has 0 amide bonds. The number of rotatable bonds is 12. The van der Waals surface area contributed by atoms with E-state index in [2.05, 4.69) is 6.92 Å². The van der Waals surface area contributed by atoms with Crippen molar-refractivity contribution in [3.05, 3.63) is 71.8 Å². The molecule has 1 atom stereocenters. The Morgan fingerprint density at radius 1 is 0.759 bits per heavy atom. The summed E-state index contributed by atoms with van der Waals surface area (Å²) in [5, 5.41) is 0. The topological polar surface area (TPSA) is 69.7 Å². The number of hydrogen-bond donors (Lipinski definition) is 0. The molecular formula is C24H28O5. The third-order valence-corrected chi connectivity index (χ3v) is 4.54. The van der Waals surface area contributed by atoms with Crippen LogP contribution in [0.2, 0.25) is 0 Å². The molecule has 5 heteroatoms. The number of unbranched alkanes of at least 4 members (excludes halogenated alkanes) is 4. The van der Waals surface area contributed by atoms with Crippen molar-refractivity contribution in [2.45, 2.75) is 51.6 Å². The SMILES string of the molecule is CCCCCCC[C@@H](OC(=O)c1ccccc1)C(=O)COC(=O)c1ccccc1. The number of esters is 2. The minimum Gasteiger partial charge on any atom is -0.454 e. The number of carbonyl (C=O) groups excluding carboxylic acids is 3. The van der Waals surface area contributed by atoms with Gasteiger partial charge in [0.15, 0.2) is 12.7 Å². The summed E-state index contributed by atoms with van der Waals surface area (Å²) in [7, 11) is 0. The zero-order valence-corrected chi connectivity index (χ0v) is 16.8. The standard InChI is InChI=1S/C24H28O5/c1-2-3-4-5-12-17-22(29-24(27)20-15-10-7-11-16-20)21(25)18-28-23(26)19-13-8-6-9-14-19/h6-11,13-16,22H,2-5,12,17-18H2,1H3/t22-/m1/s1. The van der Waals surface area contributed by atoms with Gasteiger partial charge in [0.1, 0.15) is 0 Å². The van der Waals surface area contributed by atoms with Crippen LogP contribution in [0.5, 0.6) is 0 Å². The first-order valence-electron chi connectivity index (χ1n) is 10.1. The Morgan fingerprint density at radius 2 is 1.31 bits per heavy atom. The van der Waals surface area contributed by atoms with Crippen LogP contribution in [0, 0.1) is 0 Å². The van der Waals surface area contributed by atoms with E-state index in [1.165, 1.54) is 0 Å². The molecule has 0 aliphatic heterocycles. The second kappa shape index (κ2) is 12.5. The normalized spacial score (nSPS) is 11.5. The summed E-state index contributed by atoms with van der Waals surface area (Å²) in [5.41, 5.74) is 0.759. The fourth-order valence-electron chi connectivity index (χ4n) is 2.88. The van der Waals surface area contributed by atoms with Gasteiger partial charge in [0.2, 0.25) is 5.78 Å². The molecule has 0 heterocycles. The van der Waals surface area contributed by atoms with Crippen molar-refractivity contribution in [1.29, 1.82) is 0 Å². The minimum absolute atomic E-state index is 0.373. The molecular weight excluding hydrogens is 368 g/mol. The van der Waals surface area contributed by atoms with Crippen molar-refractivity contribution in [2.24, 2.45) is 0 Å². The van der Waals surface area contributed by atoms with Gasteiger partial charge in [-0.05, 0) is 37.1 Å². The Morgan fingerprint density at radius 3 is 1.90 bits per heavy atom. The summed E-state index contributed by atoms with van der Waals surface area (Å²) in [6, 6.07) is 17.0. The molecule has 0 unspecified atom stereocenters. The van der Waals surface area contributed by atoms with E-state index >= 15 is 0 Å². The highest BCUT2D eigenvalue weighted by atomic mass is 16.6. The van der Waals surface area contributed by atoms with Gasteiger partial charge in [0.25, 0.3) is 0 Å². The minimum atomic E-state index is -0.923. The van der Waals surface area contributed by atoms with Crippen LogP contribution >= 0.6 is 0 Å². The Labute approximate surface area is 172 Å². The second-order valence-corrected chi connectivity index (χ2v) is 6.87. The van der Waals surface area contributed by atoms with Gasteiger partial charge in [0, 0.05) is 0 Å². The Balaban J connectivity index is 1.94. The molecule has 5 nitrogen and oxygen atoms in total.